The number of nitrogens with one attached hydrogen (secondary N) is 2. The normalized spacial score (nSPS) is 11.9. The van der Waals surface area contributed by atoms with E-state index in [1.807, 2.05) is 48.5 Å². The van der Waals surface area contributed by atoms with Gasteiger partial charge in [-0.3, -0.25) is 0 Å². The third-order valence-electron chi connectivity index (χ3n) is 7.39. The predicted octanol–water partition coefficient (Wildman–Crippen LogP) is 7.93. The molecular weight excluding hydrogens is 480 g/mol. The Bertz CT molecular complexity index is 1980. The van der Waals surface area contributed by atoms with Crippen molar-refractivity contribution in [2.24, 2.45) is 0 Å². The van der Waals surface area contributed by atoms with Crippen LogP contribution in [-0.2, 0) is 13.2 Å². The van der Waals surface area contributed by atoms with Crippen LogP contribution in [0, 0.1) is 0 Å². The van der Waals surface area contributed by atoms with Crippen molar-refractivity contribution < 1.29 is 10.2 Å². The van der Waals surface area contributed by atoms with Crippen LogP contribution in [0.2, 0.25) is 5.02 Å². The number of para-hydroxylation sites is 2. The van der Waals surface area contributed by atoms with Gasteiger partial charge in [0, 0.05) is 54.3 Å². The first-order valence-corrected chi connectivity index (χ1v) is 12.6. The number of aromatic amines is 2. The number of halogens is 1. The number of fused-ring (bicyclic) bond motifs is 7. The van der Waals surface area contributed by atoms with E-state index in [1.54, 1.807) is 0 Å². The van der Waals surface area contributed by atoms with Crippen molar-refractivity contribution in [3.63, 3.8) is 0 Å². The zero-order valence-corrected chi connectivity index (χ0v) is 20.6. The molecule has 0 fully saturated rings. The summed E-state index contributed by atoms with van der Waals surface area (Å²) in [6, 6.07) is 30.5. The summed E-state index contributed by atoms with van der Waals surface area (Å²) in [4.78, 5) is 7.41. The number of aliphatic hydroxyl groups is 2. The quantitative estimate of drug-likeness (QED) is 0.197. The van der Waals surface area contributed by atoms with Gasteiger partial charge in [-0.25, -0.2) is 0 Å². The number of hydrogen-bond acceptors (Lipinski definition) is 2. The first-order chi connectivity index (χ1) is 18.2. The Morgan fingerprint density at radius 1 is 0.595 bits per heavy atom. The van der Waals surface area contributed by atoms with Crippen molar-refractivity contribution in [1.29, 1.82) is 0 Å². The molecule has 0 aliphatic carbocycles. The van der Waals surface area contributed by atoms with Crippen molar-refractivity contribution in [2.45, 2.75) is 13.2 Å². The fourth-order valence-electron chi connectivity index (χ4n) is 5.73. The van der Waals surface area contributed by atoms with Crippen LogP contribution in [-0.4, -0.2) is 20.2 Å². The summed E-state index contributed by atoms with van der Waals surface area (Å²) in [5.74, 6) is 0. The molecule has 37 heavy (non-hydrogen) atoms. The molecule has 0 unspecified atom stereocenters. The maximum Gasteiger partial charge on any atom is 0.0685 e. The molecule has 0 amide bonds. The van der Waals surface area contributed by atoms with E-state index < -0.39 is 0 Å². The molecule has 0 radical (unpaired) electrons. The fourth-order valence-corrected chi connectivity index (χ4v) is 5.96. The summed E-state index contributed by atoms with van der Waals surface area (Å²) in [5.41, 5.74) is 9.49. The molecule has 5 heteroatoms. The van der Waals surface area contributed by atoms with E-state index in [-0.39, 0.29) is 13.2 Å². The van der Waals surface area contributed by atoms with Crippen LogP contribution >= 0.6 is 11.6 Å². The minimum atomic E-state index is -0.156. The van der Waals surface area contributed by atoms with Gasteiger partial charge in [0.2, 0.25) is 0 Å². The van der Waals surface area contributed by atoms with Crippen LogP contribution in [0.15, 0.2) is 91.0 Å². The lowest BCUT2D eigenvalue weighted by atomic mass is 9.87. The molecule has 7 rings (SSSR count). The van der Waals surface area contributed by atoms with E-state index in [0.717, 1.165) is 65.9 Å². The number of hydrogen-bond donors (Lipinski definition) is 4. The number of rotatable bonds is 4. The maximum absolute atomic E-state index is 10.1. The number of H-pyrrole nitrogens is 2. The standard InChI is InChI=1S/C32H23ClN2O2/c33-24-10-4-1-7-21(24)28-27(18-13-14-19(16-36)20(15-18)17-37)29-22-8-2-5-11-25(22)34-32(29)30-23-9-3-6-12-26(23)35-31(28)30/h1-15,34-37H,16-17H2. The molecule has 4 nitrogen and oxygen atoms in total. The van der Waals surface area contributed by atoms with Gasteiger partial charge in [0.25, 0.3) is 0 Å². The zero-order valence-electron chi connectivity index (χ0n) is 19.8. The Kier molecular flexibility index (Phi) is 5.08. The van der Waals surface area contributed by atoms with E-state index in [2.05, 4.69) is 52.4 Å². The Morgan fingerprint density at radius 3 is 1.92 bits per heavy atom. The van der Waals surface area contributed by atoms with E-state index >= 15 is 0 Å². The molecule has 180 valence electrons. The molecule has 0 aliphatic heterocycles. The summed E-state index contributed by atoms with van der Waals surface area (Å²) in [6.45, 7) is -0.284. The zero-order chi connectivity index (χ0) is 25.1. The van der Waals surface area contributed by atoms with Crippen molar-refractivity contribution in [1.82, 2.24) is 9.97 Å². The fraction of sp³-hybridized carbons (Fsp3) is 0.0625. The minimum Gasteiger partial charge on any atom is -0.392 e. The smallest absolute Gasteiger partial charge is 0.0685 e. The number of aromatic nitrogens is 2. The highest BCUT2D eigenvalue weighted by molar-refractivity contribution is 6.37. The average molecular weight is 503 g/mol. The topological polar surface area (TPSA) is 72.0 Å². The molecule has 0 spiro atoms. The Morgan fingerprint density at radius 2 is 1.22 bits per heavy atom. The number of benzene rings is 5. The lowest BCUT2D eigenvalue weighted by Crippen LogP contribution is -1.96. The van der Waals surface area contributed by atoms with Gasteiger partial charge in [0.1, 0.15) is 0 Å². The third-order valence-corrected chi connectivity index (χ3v) is 7.72. The van der Waals surface area contributed by atoms with Gasteiger partial charge in [0.05, 0.1) is 24.2 Å². The molecular formula is C32H23ClN2O2. The van der Waals surface area contributed by atoms with Crippen molar-refractivity contribution in [3.8, 4) is 22.3 Å². The number of aliphatic hydroxyl groups excluding tert-OH is 2. The largest absolute Gasteiger partial charge is 0.392 e. The van der Waals surface area contributed by atoms with Crippen LogP contribution in [0.5, 0.6) is 0 Å². The first-order valence-electron chi connectivity index (χ1n) is 12.2. The molecule has 0 atom stereocenters. The molecule has 0 saturated heterocycles. The third kappa shape index (κ3) is 3.24. The Balaban J connectivity index is 1.79. The summed E-state index contributed by atoms with van der Waals surface area (Å²) in [7, 11) is 0. The van der Waals surface area contributed by atoms with Gasteiger partial charge >= 0.3 is 0 Å². The average Bonchev–Trinajstić information content (AvgIpc) is 3.51. The predicted molar refractivity (Wildman–Crippen MR) is 153 cm³/mol. The molecule has 4 N–H and O–H groups in total. The van der Waals surface area contributed by atoms with Crippen molar-refractivity contribution >= 4 is 55.2 Å². The molecule has 0 aliphatic rings. The molecule has 2 heterocycles. The highest BCUT2D eigenvalue weighted by Crippen LogP contribution is 2.49. The first kappa shape index (κ1) is 22.1. The van der Waals surface area contributed by atoms with Crippen LogP contribution in [0.1, 0.15) is 11.1 Å². The van der Waals surface area contributed by atoms with Crippen LogP contribution in [0.4, 0.5) is 0 Å². The van der Waals surface area contributed by atoms with Gasteiger partial charge in [0.15, 0.2) is 0 Å². The molecule has 0 bridgehead atoms. The van der Waals surface area contributed by atoms with Crippen molar-refractivity contribution in [3.05, 3.63) is 107 Å². The second kappa shape index (κ2) is 8.49. The summed E-state index contributed by atoms with van der Waals surface area (Å²) < 4.78 is 0. The maximum atomic E-state index is 10.1. The van der Waals surface area contributed by atoms with Gasteiger partial charge in [-0.2, -0.15) is 0 Å². The minimum absolute atomic E-state index is 0.128. The van der Waals surface area contributed by atoms with Gasteiger partial charge in [-0.05, 0) is 41.0 Å². The molecule has 7 aromatic rings. The lowest BCUT2D eigenvalue weighted by Gasteiger charge is -2.17. The molecule has 0 saturated carbocycles. The Labute approximate surface area is 217 Å². The summed E-state index contributed by atoms with van der Waals surface area (Å²) >= 11 is 6.87. The van der Waals surface area contributed by atoms with E-state index in [4.69, 9.17) is 11.6 Å². The second-order valence-electron chi connectivity index (χ2n) is 9.37. The van der Waals surface area contributed by atoms with Gasteiger partial charge in [-0.1, -0.05) is 78.3 Å². The van der Waals surface area contributed by atoms with Crippen LogP contribution < -0.4 is 0 Å². The summed E-state index contributed by atoms with van der Waals surface area (Å²) in [6.07, 6.45) is 0. The molecule has 5 aromatic carbocycles. The van der Waals surface area contributed by atoms with Crippen LogP contribution in [0.3, 0.4) is 0 Å². The van der Waals surface area contributed by atoms with Crippen molar-refractivity contribution in [2.75, 3.05) is 0 Å². The van der Waals surface area contributed by atoms with E-state index in [9.17, 15) is 10.2 Å². The highest BCUT2D eigenvalue weighted by Gasteiger charge is 2.24. The second-order valence-corrected chi connectivity index (χ2v) is 9.78. The van der Waals surface area contributed by atoms with E-state index in [1.165, 1.54) is 0 Å². The summed E-state index contributed by atoms with van der Waals surface area (Å²) in [5, 5.41) is 25.1. The molecule has 2 aromatic heterocycles. The van der Waals surface area contributed by atoms with Gasteiger partial charge < -0.3 is 20.2 Å². The van der Waals surface area contributed by atoms with E-state index in [0.29, 0.717) is 16.1 Å². The van der Waals surface area contributed by atoms with Gasteiger partial charge in [-0.15, -0.1) is 0 Å². The van der Waals surface area contributed by atoms with Crippen LogP contribution in [0.25, 0.3) is 65.9 Å². The monoisotopic (exact) mass is 502 g/mol. The SMILES string of the molecule is OCc1ccc(-c2c(-c3ccccc3Cl)c3[nH]c4ccccc4c3c3[nH]c4ccccc4c23)cc1CO. The Hall–Kier alpha value is -4.09. The highest BCUT2D eigenvalue weighted by atomic mass is 35.5. The lowest BCUT2D eigenvalue weighted by molar-refractivity contribution is 0.260.